The van der Waals surface area contributed by atoms with Crippen LogP contribution in [0.4, 0.5) is 5.69 Å². The van der Waals surface area contributed by atoms with Crippen LogP contribution in [-0.4, -0.2) is 37.5 Å². The maximum atomic E-state index is 11.7. The number of benzene rings is 1. The summed E-state index contributed by atoms with van der Waals surface area (Å²) in [5.41, 5.74) is 10.3. The van der Waals surface area contributed by atoms with E-state index in [9.17, 15) is 9.59 Å². The molecule has 1 aliphatic heterocycles. The third kappa shape index (κ3) is 10.9. The fourth-order valence-corrected chi connectivity index (χ4v) is 2.57. The first-order chi connectivity index (χ1) is 12.6. The van der Waals surface area contributed by atoms with E-state index in [0.29, 0.717) is 5.69 Å². The minimum absolute atomic E-state index is 0.0104. The van der Waals surface area contributed by atoms with Crippen LogP contribution in [0.3, 0.4) is 0 Å². The molecular formula is C17H28BrN5O3. The summed E-state index contributed by atoms with van der Waals surface area (Å²) >= 11 is 3.33. The van der Waals surface area contributed by atoms with Crippen LogP contribution in [0.1, 0.15) is 32.6 Å². The number of carbonyl (C=O) groups excluding carboxylic acids is 2. The van der Waals surface area contributed by atoms with E-state index in [-0.39, 0.29) is 24.4 Å². The van der Waals surface area contributed by atoms with Crippen molar-refractivity contribution in [1.82, 2.24) is 10.6 Å². The van der Waals surface area contributed by atoms with E-state index in [1.165, 1.54) is 12.8 Å². The van der Waals surface area contributed by atoms with Crippen molar-refractivity contribution >= 4 is 33.4 Å². The second kappa shape index (κ2) is 15.4. The SMILES string of the molecule is CCCCN.N=O.O=C(CNC(=O)C1CCCN1)Nc1cccc(Br)c1. The quantitative estimate of drug-likeness (QED) is 0.441. The third-order valence-electron chi connectivity index (χ3n) is 3.47. The van der Waals surface area contributed by atoms with E-state index in [1.807, 2.05) is 12.1 Å². The molecule has 1 unspecified atom stereocenters. The summed E-state index contributed by atoms with van der Waals surface area (Å²) in [6, 6.07) is 7.16. The van der Waals surface area contributed by atoms with Gasteiger partial charge in [-0.25, -0.2) is 0 Å². The van der Waals surface area contributed by atoms with Crippen LogP contribution in [-0.2, 0) is 9.59 Å². The van der Waals surface area contributed by atoms with Crippen molar-refractivity contribution in [2.45, 2.75) is 38.6 Å². The van der Waals surface area contributed by atoms with Crippen molar-refractivity contribution in [3.8, 4) is 0 Å². The molecule has 1 heterocycles. The highest BCUT2D eigenvalue weighted by molar-refractivity contribution is 9.10. The standard InChI is InChI=1S/C13H16BrN3O2.C4H11N.HNO/c14-9-3-1-4-10(7-9)17-12(18)8-16-13(19)11-5-2-6-15-11;1-2-3-4-5;1-2/h1,3-4,7,11,15H,2,5-6,8H2,(H,16,19)(H,17,18);2-5H2,1H3;1H. The lowest BCUT2D eigenvalue weighted by Gasteiger charge is -2.11. The molecule has 1 aromatic carbocycles. The van der Waals surface area contributed by atoms with Gasteiger partial charge >= 0.3 is 0 Å². The Labute approximate surface area is 162 Å². The molecule has 2 rings (SSSR count). The van der Waals surface area contributed by atoms with Crippen LogP contribution in [0.2, 0.25) is 0 Å². The number of hydrogen-bond acceptors (Lipinski definition) is 6. The van der Waals surface area contributed by atoms with Gasteiger partial charge in [0.05, 0.1) is 12.6 Å². The molecule has 8 nitrogen and oxygen atoms in total. The Balaban J connectivity index is 0.000000772. The van der Waals surface area contributed by atoms with Crippen LogP contribution in [0.15, 0.2) is 28.7 Å². The van der Waals surface area contributed by atoms with E-state index >= 15 is 0 Å². The average molecular weight is 430 g/mol. The number of carbonyl (C=O) groups is 2. The van der Waals surface area contributed by atoms with Crippen molar-refractivity contribution in [1.29, 1.82) is 5.59 Å². The molecule has 1 atom stereocenters. The summed E-state index contributed by atoms with van der Waals surface area (Å²) in [5.74, 6) is -0.341. The van der Waals surface area contributed by atoms with Crippen molar-refractivity contribution in [3.63, 3.8) is 0 Å². The molecule has 1 saturated heterocycles. The topological polar surface area (TPSA) is 137 Å². The molecule has 0 spiro atoms. The summed E-state index contributed by atoms with van der Waals surface area (Å²) in [4.78, 5) is 30.9. The highest BCUT2D eigenvalue weighted by Crippen LogP contribution is 2.15. The van der Waals surface area contributed by atoms with Gasteiger partial charge in [-0.1, -0.05) is 40.9 Å². The zero-order valence-corrected chi connectivity index (χ0v) is 16.6. The van der Waals surface area contributed by atoms with Crippen LogP contribution in [0.5, 0.6) is 0 Å². The lowest BCUT2D eigenvalue weighted by molar-refractivity contribution is -0.125. The first-order valence-electron chi connectivity index (χ1n) is 8.53. The van der Waals surface area contributed by atoms with E-state index in [1.54, 1.807) is 12.1 Å². The van der Waals surface area contributed by atoms with Gasteiger partial charge in [0.15, 0.2) is 0 Å². The maximum Gasteiger partial charge on any atom is 0.243 e. The van der Waals surface area contributed by atoms with Gasteiger partial charge in [-0.3, -0.25) is 9.59 Å². The zero-order valence-electron chi connectivity index (χ0n) is 15.0. The number of unbranched alkanes of at least 4 members (excludes halogenated alkanes) is 1. The second-order valence-electron chi connectivity index (χ2n) is 5.57. The molecule has 26 heavy (non-hydrogen) atoms. The smallest absolute Gasteiger partial charge is 0.243 e. The summed E-state index contributed by atoms with van der Waals surface area (Å²) in [6.45, 7) is 3.83. The first kappa shape index (κ1) is 24.2. The number of anilines is 1. The molecular weight excluding hydrogens is 402 g/mol. The normalized spacial score (nSPS) is 15.0. The van der Waals surface area contributed by atoms with Crippen LogP contribution in [0, 0.1) is 10.5 Å². The molecule has 1 fully saturated rings. The number of rotatable bonds is 6. The summed E-state index contributed by atoms with van der Waals surface area (Å²) in [5, 5.41) is 8.45. The molecule has 0 radical (unpaired) electrons. The lowest BCUT2D eigenvalue weighted by atomic mass is 10.2. The largest absolute Gasteiger partial charge is 0.346 e. The molecule has 1 aromatic rings. The van der Waals surface area contributed by atoms with Gasteiger partial charge < -0.3 is 21.7 Å². The van der Waals surface area contributed by atoms with Crippen molar-refractivity contribution in [2.75, 3.05) is 25.0 Å². The molecule has 0 saturated carbocycles. The monoisotopic (exact) mass is 429 g/mol. The Morgan fingerprint density at radius 1 is 1.38 bits per heavy atom. The molecule has 9 heteroatoms. The molecule has 1 aliphatic rings. The van der Waals surface area contributed by atoms with Crippen molar-refractivity contribution in [3.05, 3.63) is 33.6 Å². The van der Waals surface area contributed by atoms with Gasteiger partial charge in [0.1, 0.15) is 0 Å². The van der Waals surface area contributed by atoms with Gasteiger partial charge in [0.25, 0.3) is 0 Å². The van der Waals surface area contributed by atoms with E-state index < -0.39 is 0 Å². The Morgan fingerprint density at radius 2 is 2.12 bits per heavy atom. The molecule has 0 bridgehead atoms. The predicted molar refractivity (Wildman–Crippen MR) is 107 cm³/mol. The van der Waals surface area contributed by atoms with E-state index in [0.717, 1.165) is 30.4 Å². The lowest BCUT2D eigenvalue weighted by Crippen LogP contribution is -2.43. The number of amides is 2. The van der Waals surface area contributed by atoms with E-state index in [4.69, 9.17) is 10.6 Å². The number of nitroso groups, excluding NO2 is 1. The minimum Gasteiger partial charge on any atom is -0.346 e. The highest BCUT2D eigenvalue weighted by atomic mass is 79.9. The van der Waals surface area contributed by atoms with Crippen molar-refractivity contribution in [2.24, 2.45) is 5.73 Å². The van der Waals surface area contributed by atoms with Gasteiger partial charge in [-0.15, -0.1) is 0 Å². The second-order valence-corrected chi connectivity index (χ2v) is 6.48. The molecule has 0 aliphatic carbocycles. The highest BCUT2D eigenvalue weighted by Gasteiger charge is 2.21. The fourth-order valence-electron chi connectivity index (χ4n) is 2.17. The van der Waals surface area contributed by atoms with Gasteiger partial charge in [-0.05, 0) is 50.6 Å². The Kier molecular flexibility index (Phi) is 14.3. The van der Waals surface area contributed by atoms with Gasteiger partial charge in [0.2, 0.25) is 11.8 Å². The Hall–Kier alpha value is -1.84. The molecule has 146 valence electrons. The third-order valence-corrected chi connectivity index (χ3v) is 3.96. The van der Waals surface area contributed by atoms with Crippen LogP contribution in [0.25, 0.3) is 0 Å². The maximum absolute atomic E-state index is 11.7. The minimum atomic E-state index is -0.232. The van der Waals surface area contributed by atoms with Gasteiger partial charge in [0, 0.05) is 10.2 Å². The fraction of sp³-hybridized carbons (Fsp3) is 0.529. The molecule has 0 aromatic heterocycles. The zero-order chi connectivity index (χ0) is 19.8. The molecule has 6 N–H and O–H groups in total. The van der Waals surface area contributed by atoms with Crippen molar-refractivity contribution < 1.29 is 9.59 Å². The number of halogens is 1. The Morgan fingerprint density at radius 3 is 2.62 bits per heavy atom. The summed E-state index contributed by atoms with van der Waals surface area (Å²) in [7, 11) is 0. The van der Waals surface area contributed by atoms with Crippen LogP contribution >= 0.6 is 15.9 Å². The summed E-state index contributed by atoms with van der Waals surface area (Å²) < 4.78 is 0.893. The van der Waals surface area contributed by atoms with E-state index in [2.05, 4.69) is 44.4 Å². The number of nitrogens with two attached hydrogens (primary N) is 1. The number of hydrogen-bond donors (Lipinski definition) is 5. The predicted octanol–water partition coefficient (Wildman–Crippen LogP) is 2.33. The van der Waals surface area contributed by atoms with Gasteiger partial charge in [-0.2, -0.15) is 4.91 Å². The average Bonchev–Trinajstić information content (AvgIpc) is 3.17. The molecule has 2 amide bonds. The summed E-state index contributed by atoms with van der Waals surface area (Å²) in [6.07, 6.45) is 4.22. The van der Waals surface area contributed by atoms with Crippen LogP contribution < -0.4 is 21.7 Å². The first-order valence-corrected chi connectivity index (χ1v) is 9.33. The number of nitrogens with one attached hydrogen (secondary N) is 4. The Bertz CT molecular complexity index is 537.